The molecule has 1 aliphatic heterocycles. The van der Waals surface area contributed by atoms with Crippen molar-refractivity contribution in [3.05, 3.63) is 219 Å². The number of halogens is 4. The molecule has 3 unspecified atom stereocenters. The zero-order valence-corrected chi connectivity index (χ0v) is 54.6. The van der Waals surface area contributed by atoms with E-state index in [0.29, 0.717) is 55.7 Å². The van der Waals surface area contributed by atoms with Crippen LogP contribution in [0, 0.1) is 0 Å². The van der Waals surface area contributed by atoms with Crippen LogP contribution in [-0.4, -0.2) is 116 Å². The van der Waals surface area contributed by atoms with E-state index in [2.05, 4.69) is 30.1 Å². The number of ether oxygens (including phenoxy) is 5. The quantitative estimate of drug-likeness (QED) is 0.0221. The first kappa shape index (κ1) is 71.1. The van der Waals surface area contributed by atoms with Gasteiger partial charge in [0.25, 0.3) is 17.1 Å². The second-order valence-electron chi connectivity index (χ2n) is 21.9. The number of fused-ring (bicyclic) bond motifs is 1. The number of azide groups is 2. The van der Waals surface area contributed by atoms with Gasteiger partial charge in [-0.1, -0.05) is 81.4 Å². The topological polar surface area (TPSA) is 316 Å². The second kappa shape index (κ2) is 30.9. The zero-order valence-electron chi connectivity index (χ0n) is 51.6. The van der Waals surface area contributed by atoms with Crippen LogP contribution in [0.3, 0.4) is 0 Å². The van der Waals surface area contributed by atoms with Crippen LogP contribution in [0.2, 0.25) is 15.1 Å². The molecule has 6 aromatic rings. The molecule has 93 heavy (non-hydrogen) atoms. The minimum absolute atomic E-state index is 0.00757. The van der Waals surface area contributed by atoms with E-state index >= 15 is 0 Å². The molecule has 3 fully saturated rings. The number of Topliss-reactive ketones (excluding diaryl/α,β-unsaturated/α-hetero) is 1. The average molecular weight is 1350 g/mol. The van der Waals surface area contributed by atoms with E-state index < -0.39 is 52.2 Å². The normalized spacial score (nSPS) is 16.1. The highest BCUT2D eigenvalue weighted by atomic mass is 35.5. The average Bonchev–Trinajstić information content (AvgIpc) is 1.61. The Bertz CT molecular complexity index is 3980. The Morgan fingerprint density at radius 3 is 1.45 bits per heavy atom. The summed E-state index contributed by atoms with van der Waals surface area (Å²) in [4.78, 5) is 118. The van der Waals surface area contributed by atoms with Gasteiger partial charge in [-0.15, -0.1) is 0 Å². The summed E-state index contributed by atoms with van der Waals surface area (Å²) in [6, 6.07) is 33.0. The molecular formula is C66H63Cl4N9O14. The molecule has 0 spiro atoms. The summed E-state index contributed by atoms with van der Waals surface area (Å²) in [5.74, 6) is -2.76. The van der Waals surface area contributed by atoms with Crippen molar-refractivity contribution in [2.45, 2.75) is 100 Å². The number of methoxy groups -OCH3 is 5. The molecule has 3 saturated carbocycles. The maximum Gasteiger partial charge on any atom is 0.337 e. The van der Waals surface area contributed by atoms with Crippen molar-refractivity contribution in [2.75, 3.05) is 35.5 Å². The highest BCUT2D eigenvalue weighted by Gasteiger charge is 2.56. The molecule has 3 aliphatic carbocycles. The van der Waals surface area contributed by atoms with Crippen LogP contribution in [0.5, 0.6) is 0 Å². The standard InChI is InChI=1S/C22H21ClN4O5.C22H20ClNO4.C15H19NO4.C7H3Cl2N3O/c1-13(20(29)31-2)27(19(28)17-9-8-16(23)12-18(17)25-26-24)22(10-11-22)15-6-4-14(5-7-15)21(30)32-3;1-13-19(25)12-15-11-17(23)7-8-18(15)20(26)24(13)22(9-10-22)16-5-3-14(4-6-16)21(27)28-2;1-10(13(17)19-2)16-15(8-9-15)12-6-4-11(5-7-12)14(18)20-3;8-4-1-2-5(7(9)13)6(3-4)11-12-10/h4-9,12-13H,10-11H2,1-3H3;3-8,11,13H,9-10,12H2,1-2H3;4-7,10,16H,8-9H2,1-3H3;1-3H. The van der Waals surface area contributed by atoms with Gasteiger partial charge >= 0.3 is 29.8 Å². The maximum absolute atomic E-state index is 13.7. The molecule has 1 N–H and O–H groups in total. The Morgan fingerprint density at radius 2 is 1.02 bits per heavy atom. The Morgan fingerprint density at radius 1 is 0.581 bits per heavy atom. The van der Waals surface area contributed by atoms with Gasteiger partial charge in [0.05, 0.1) is 80.7 Å². The molecular weight excluding hydrogens is 1280 g/mol. The number of benzene rings is 6. The van der Waals surface area contributed by atoms with Gasteiger partial charge in [0, 0.05) is 53.5 Å². The highest BCUT2D eigenvalue weighted by Crippen LogP contribution is 2.55. The molecule has 1 heterocycles. The third-order valence-electron chi connectivity index (χ3n) is 16.3. The first-order chi connectivity index (χ1) is 44.3. The fourth-order valence-corrected chi connectivity index (χ4v) is 11.7. The minimum Gasteiger partial charge on any atom is -0.468 e. The van der Waals surface area contributed by atoms with E-state index in [1.54, 1.807) is 92.4 Å². The van der Waals surface area contributed by atoms with Gasteiger partial charge < -0.3 is 33.5 Å². The molecule has 23 nitrogen and oxygen atoms in total. The van der Waals surface area contributed by atoms with Crippen LogP contribution < -0.4 is 5.32 Å². The summed E-state index contributed by atoms with van der Waals surface area (Å²) in [6.07, 6.45) is 4.87. The van der Waals surface area contributed by atoms with Gasteiger partial charge in [0.2, 0.25) is 0 Å². The summed E-state index contributed by atoms with van der Waals surface area (Å²) in [5.41, 5.74) is 21.3. The Hall–Kier alpha value is -9.31. The lowest BCUT2D eigenvalue weighted by atomic mass is 9.97. The fraction of sp³-hybridized carbons (Fsp3) is 0.318. The number of amides is 2. The van der Waals surface area contributed by atoms with E-state index in [1.807, 2.05) is 24.3 Å². The summed E-state index contributed by atoms with van der Waals surface area (Å²) in [6.45, 7) is 5.15. The lowest BCUT2D eigenvalue weighted by Gasteiger charge is -2.36. The summed E-state index contributed by atoms with van der Waals surface area (Å²) in [7, 11) is 6.62. The number of ketones is 1. The molecule has 4 aliphatic rings. The number of carbonyl (C=O) groups excluding carboxylic acids is 9. The smallest absolute Gasteiger partial charge is 0.337 e. The van der Waals surface area contributed by atoms with Crippen molar-refractivity contribution in [2.24, 2.45) is 10.2 Å². The monoisotopic (exact) mass is 1350 g/mol. The van der Waals surface area contributed by atoms with Crippen molar-refractivity contribution < 1.29 is 66.8 Å². The number of hydrogen-bond donors (Lipinski definition) is 1. The Labute approximate surface area is 554 Å². The lowest BCUT2D eigenvalue weighted by Crippen LogP contribution is -2.50. The largest absolute Gasteiger partial charge is 0.468 e. The molecule has 484 valence electrons. The first-order valence-electron chi connectivity index (χ1n) is 28.7. The zero-order chi connectivity index (χ0) is 68.1. The van der Waals surface area contributed by atoms with E-state index in [4.69, 9.17) is 76.4 Å². The molecule has 10 rings (SSSR count). The fourth-order valence-electron chi connectivity index (χ4n) is 11.0. The van der Waals surface area contributed by atoms with E-state index in [-0.39, 0.29) is 64.1 Å². The van der Waals surface area contributed by atoms with Crippen LogP contribution in [0.1, 0.15) is 144 Å². The van der Waals surface area contributed by atoms with E-state index in [0.717, 1.165) is 42.4 Å². The third-order valence-corrected chi connectivity index (χ3v) is 17.2. The van der Waals surface area contributed by atoms with Gasteiger partial charge in [-0.3, -0.25) is 29.3 Å². The highest BCUT2D eigenvalue weighted by molar-refractivity contribution is 6.68. The predicted octanol–water partition coefficient (Wildman–Crippen LogP) is 13.8. The number of carbonyl (C=O) groups is 9. The van der Waals surface area contributed by atoms with Crippen molar-refractivity contribution in [3.63, 3.8) is 0 Å². The third kappa shape index (κ3) is 16.3. The van der Waals surface area contributed by atoms with Gasteiger partial charge in [0.1, 0.15) is 12.1 Å². The Kier molecular flexibility index (Phi) is 23.6. The maximum atomic E-state index is 13.7. The van der Waals surface area contributed by atoms with Crippen molar-refractivity contribution in [1.82, 2.24) is 15.1 Å². The van der Waals surface area contributed by atoms with Gasteiger partial charge in [-0.2, -0.15) is 0 Å². The predicted molar refractivity (Wildman–Crippen MR) is 345 cm³/mol. The number of hydrogen-bond acceptors (Lipinski definition) is 17. The van der Waals surface area contributed by atoms with E-state index in [9.17, 15) is 43.2 Å². The molecule has 6 aromatic carbocycles. The summed E-state index contributed by atoms with van der Waals surface area (Å²) >= 11 is 22.9. The van der Waals surface area contributed by atoms with Crippen LogP contribution >= 0.6 is 46.4 Å². The van der Waals surface area contributed by atoms with Crippen molar-refractivity contribution in [1.29, 1.82) is 0 Å². The lowest BCUT2D eigenvalue weighted by molar-refractivity contribution is -0.146. The van der Waals surface area contributed by atoms with Crippen molar-refractivity contribution in [3.8, 4) is 0 Å². The number of nitrogens with one attached hydrogen (secondary N) is 1. The van der Waals surface area contributed by atoms with Crippen LogP contribution in [-0.2, 0) is 61.1 Å². The molecule has 3 atom stereocenters. The molecule has 0 bridgehead atoms. The molecule has 2 amide bonds. The molecule has 0 aromatic heterocycles. The Balaban J connectivity index is 0.000000184. The van der Waals surface area contributed by atoms with Gasteiger partial charge in [-0.25, -0.2) is 19.2 Å². The van der Waals surface area contributed by atoms with Gasteiger partial charge in [0.15, 0.2) is 5.78 Å². The number of nitrogens with zero attached hydrogens (tertiary/aromatic N) is 8. The second-order valence-corrected chi connectivity index (χ2v) is 23.5. The van der Waals surface area contributed by atoms with Crippen molar-refractivity contribution >= 4 is 110 Å². The van der Waals surface area contributed by atoms with Gasteiger partial charge in [-0.05, 0) is 195 Å². The minimum atomic E-state index is -0.926. The summed E-state index contributed by atoms with van der Waals surface area (Å²) < 4.78 is 23.8. The van der Waals surface area contributed by atoms with E-state index in [1.165, 1.54) is 76.8 Å². The number of rotatable bonds is 17. The molecule has 27 heteroatoms. The SMILES string of the molecule is COC(=O)c1ccc(C2(N(C(=O)c3ccc(Cl)cc3N=[N+]=[N-])C(C)C(=O)OC)CC2)cc1.COC(=O)c1ccc(C2(N3C(=O)c4ccc(Cl)cc4CC(=O)C3C)CC2)cc1.COC(=O)c1ccc(C2(NC(C)C(=O)OC)CC2)cc1.[N-]=[N+]=Nc1cc(Cl)ccc1C(=O)Cl. The van der Waals surface area contributed by atoms with Crippen LogP contribution in [0.4, 0.5) is 11.4 Å². The summed E-state index contributed by atoms with van der Waals surface area (Å²) in [5, 5.41) is 10.7. The van der Waals surface area contributed by atoms with Crippen LogP contribution in [0.15, 0.2) is 138 Å². The van der Waals surface area contributed by atoms with Crippen LogP contribution in [0.25, 0.3) is 20.9 Å². The molecule has 0 saturated heterocycles. The first-order valence-corrected chi connectivity index (χ1v) is 30.2. The molecule has 0 radical (unpaired) electrons. The number of esters is 5.